The molecule has 1 amide bonds. The number of rotatable bonds is 14. The Balaban J connectivity index is 1.17. The van der Waals surface area contributed by atoms with Crippen molar-refractivity contribution in [3.8, 4) is 11.5 Å². The topological polar surface area (TPSA) is 144 Å². The molecule has 2 atom stereocenters. The van der Waals surface area contributed by atoms with Gasteiger partial charge in [0.25, 0.3) is 0 Å². The second kappa shape index (κ2) is 14.3. The number of ether oxygens (including phenoxy) is 1. The van der Waals surface area contributed by atoms with Gasteiger partial charge in [-0.05, 0) is 72.5 Å². The van der Waals surface area contributed by atoms with E-state index in [2.05, 4.69) is 15.6 Å². The molecule has 41 heavy (non-hydrogen) atoms. The number of unbranched alkanes of at least 4 members (excludes halogenated alkanes) is 3. The summed E-state index contributed by atoms with van der Waals surface area (Å²) in [5.74, 6) is 0.127. The molecule has 0 fully saturated rings. The highest BCUT2D eigenvalue weighted by Gasteiger charge is 2.18. The van der Waals surface area contributed by atoms with Gasteiger partial charge < -0.3 is 35.7 Å². The number of halogens is 1. The van der Waals surface area contributed by atoms with Crippen LogP contribution in [0.1, 0.15) is 54.5 Å². The largest absolute Gasteiger partial charge is 0.506 e. The van der Waals surface area contributed by atoms with Crippen molar-refractivity contribution in [3.63, 3.8) is 0 Å². The van der Waals surface area contributed by atoms with Crippen molar-refractivity contribution in [3.05, 3.63) is 106 Å². The number of carbonyl (C=O) groups is 1. The third-order valence-electron chi connectivity index (χ3n) is 6.76. The van der Waals surface area contributed by atoms with Crippen LogP contribution in [0.25, 0.3) is 10.9 Å². The van der Waals surface area contributed by atoms with Crippen LogP contribution in [0.3, 0.4) is 0 Å². The van der Waals surface area contributed by atoms with Crippen LogP contribution in [0.2, 0.25) is 0 Å². The van der Waals surface area contributed by atoms with Gasteiger partial charge in [0.1, 0.15) is 17.3 Å². The van der Waals surface area contributed by atoms with Gasteiger partial charge in [0, 0.05) is 18.0 Å². The SMILES string of the molecule is O=C(O)NC(c1cccc(F)c1)c1cccc(OCCCCCCNCC(O)c2ccc(O)c3[nH]c(=O)ccc23)c1. The Kier molecular flexibility index (Phi) is 10.3. The highest BCUT2D eigenvalue weighted by molar-refractivity contribution is 5.87. The van der Waals surface area contributed by atoms with Crippen molar-refractivity contribution >= 4 is 17.0 Å². The summed E-state index contributed by atoms with van der Waals surface area (Å²) in [5, 5.41) is 36.2. The number of phenols is 1. The van der Waals surface area contributed by atoms with E-state index in [1.54, 1.807) is 48.5 Å². The van der Waals surface area contributed by atoms with Gasteiger partial charge in [0.15, 0.2) is 0 Å². The smallest absolute Gasteiger partial charge is 0.405 e. The molecule has 1 aromatic heterocycles. The van der Waals surface area contributed by atoms with Crippen LogP contribution in [0.4, 0.5) is 9.18 Å². The van der Waals surface area contributed by atoms with E-state index in [1.807, 2.05) is 0 Å². The second-order valence-corrected chi connectivity index (χ2v) is 9.78. The highest BCUT2D eigenvalue weighted by Crippen LogP contribution is 2.29. The fourth-order valence-electron chi connectivity index (χ4n) is 4.75. The second-order valence-electron chi connectivity index (χ2n) is 9.78. The summed E-state index contributed by atoms with van der Waals surface area (Å²) < 4.78 is 19.6. The first-order valence-corrected chi connectivity index (χ1v) is 13.5. The average Bonchev–Trinajstić information content (AvgIpc) is 2.95. The van der Waals surface area contributed by atoms with E-state index in [-0.39, 0.29) is 11.3 Å². The van der Waals surface area contributed by atoms with Gasteiger partial charge in [-0.3, -0.25) is 4.79 Å². The lowest BCUT2D eigenvalue weighted by Gasteiger charge is -2.19. The van der Waals surface area contributed by atoms with Crippen molar-refractivity contribution in [2.24, 2.45) is 0 Å². The summed E-state index contributed by atoms with van der Waals surface area (Å²) in [6.07, 6.45) is 1.68. The van der Waals surface area contributed by atoms with Crippen molar-refractivity contribution in [2.75, 3.05) is 19.7 Å². The first kappa shape index (κ1) is 29.6. The maximum Gasteiger partial charge on any atom is 0.405 e. The number of fused-ring (bicyclic) bond motifs is 1. The number of H-pyrrole nitrogens is 1. The van der Waals surface area contributed by atoms with Crippen LogP contribution in [0.15, 0.2) is 77.6 Å². The van der Waals surface area contributed by atoms with E-state index in [0.29, 0.717) is 46.5 Å². The molecule has 10 heteroatoms. The summed E-state index contributed by atoms with van der Waals surface area (Å²) in [5.41, 5.74) is 1.77. The fraction of sp³-hybridized carbons (Fsp3) is 0.290. The Morgan fingerprint density at radius 1 is 0.951 bits per heavy atom. The van der Waals surface area contributed by atoms with Gasteiger partial charge in [-0.15, -0.1) is 0 Å². The molecule has 0 bridgehead atoms. The number of carboxylic acid groups (broad SMARTS) is 1. The number of aromatic nitrogens is 1. The molecule has 0 aliphatic heterocycles. The van der Waals surface area contributed by atoms with Gasteiger partial charge in [0.2, 0.25) is 5.56 Å². The number of nitrogens with one attached hydrogen (secondary N) is 3. The van der Waals surface area contributed by atoms with Gasteiger partial charge in [0.05, 0.1) is 24.3 Å². The van der Waals surface area contributed by atoms with Gasteiger partial charge in [-0.1, -0.05) is 43.2 Å². The van der Waals surface area contributed by atoms with Crippen molar-refractivity contribution in [1.82, 2.24) is 15.6 Å². The van der Waals surface area contributed by atoms with E-state index < -0.39 is 24.1 Å². The van der Waals surface area contributed by atoms with Crippen molar-refractivity contribution in [1.29, 1.82) is 0 Å². The Hall–Kier alpha value is -4.41. The number of amides is 1. The number of aromatic hydroxyl groups is 1. The minimum absolute atomic E-state index is 0.0402. The Morgan fingerprint density at radius 3 is 2.49 bits per heavy atom. The zero-order chi connectivity index (χ0) is 29.2. The summed E-state index contributed by atoms with van der Waals surface area (Å²) in [7, 11) is 0. The first-order chi connectivity index (χ1) is 19.8. The maximum atomic E-state index is 13.7. The summed E-state index contributed by atoms with van der Waals surface area (Å²) in [6, 6.07) is 18.3. The third kappa shape index (κ3) is 8.29. The van der Waals surface area contributed by atoms with Crippen LogP contribution in [-0.2, 0) is 0 Å². The van der Waals surface area contributed by atoms with Crippen LogP contribution in [0, 0.1) is 5.82 Å². The van der Waals surface area contributed by atoms with Gasteiger partial charge in [-0.25, -0.2) is 9.18 Å². The lowest BCUT2D eigenvalue weighted by Crippen LogP contribution is -2.27. The quantitative estimate of drug-likeness (QED) is 0.119. The summed E-state index contributed by atoms with van der Waals surface area (Å²) in [4.78, 5) is 25.5. The van der Waals surface area contributed by atoms with Gasteiger partial charge >= 0.3 is 6.09 Å². The van der Waals surface area contributed by atoms with Crippen molar-refractivity contribution in [2.45, 2.75) is 37.8 Å². The van der Waals surface area contributed by atoms with Crippen LogP contribution in [0.5, 0.6) is 11.5 Å². The number of hydrogen-bond acceptors (Lipinski definition) is 6. The minimum Gasteiger partial charge on any atom is -0.506 e. The predicted octanol–water partition coefficient (Wildman–Crippen LogP) is 4.99. The molecule has 0 saturated heterocycles. The lowest BCUT2D eigenvalue weighted by atomic mass is 9.98. The molecule has 216 valence electrons. The van der Waals surface area contributed by atoms with Crippen molar-refractivity contribution < 1.29 is 29.2 Å². The molecular weight excluding hydrogens is 529 g/mol. The van der Waals surface area contributed by atoms with E-state index in [4.69, 9.17) is 4.74 Å². The number of aliphatic hydroxyl groups is 1. The Labute approximate surface area is 236 Å². The molecule has 0 saturated carbocycles. The lowest BCUT2D eigenvalue weighted by molar-refractivity contribution is 0.176. The molecule has 9 nitrogen and oxygen atoms in total. The molecule has 0 aliphatic carbocycles. The highest BCUT2D eigenvalue weighted by atomic mass is 19.1. The third-order valence-corrected chi connectivity index (χ3v) is 6.76. The zero-order valence-corrected chi connectivity index (χ0v) is 22.5. The van der Waals surface area contributed by atoms with Crippen LogP contribution >= 0.6 is 0 Å². The summed E-state index contributed by atoms with van der Waals surface area (Å²) in [6.45, 7) is 1.57. The normalized spacial score (nSPS) is 12.6. The van der Waals surface area contributed by atoms with E-state index in [9.17, 15) is 29.3 Å². The number of aromatic amines is 1. The number of hydrogen-bond donors (Lipinski definition) is 6. The number of benzene rings is 3. The average molecular weight is 564 g/mol. The molecule has 0 radical (unpaired) electrons. The van der Waals surface area contributed by atoms with E-state index >= 15 is 0 Å². The Morgan fingerprint density at radius 2 is 1.71 bits per heavy atom. The molecule has 4 aromatic rings. The van der Waals surface area contributed by atoms with Crippen LogP contribution < -0.4 is 20.9 Å². The van der Waals surface area contributed by atoms with E-state index in [1.165, 1.54) is 24.3 Å². The molecule has 6 N–H and O–H groups in total. The zero-order valence-electron chi connectivity index (χ0n) is 22.5. The van der Waals surface area contributed by atoms with Crippen LogP contribution in [-0.4, -0.2) is 46.1 Å². The maximum absolute atomic E-state index is 13.7. The molecule has 0 aliphatic rings. The molecule has 4 rings (SSSR count). The Bertz CT molecular complexity index is 1530. The molecule has 2 unspecified atom stereocenters. The first-order valence-electron chi connectivity index (χ1n) is 13.5. The molecule has 0 spiro atoms. The van der Waals surface area contributed by atoms with E-state index in [0.717, 1.165) is 32.2 Å². The molecule has 3 aromatic carbocycles. The van der Waals surface area contributed by atoms with Gasteiger partial charge in [-0.2, -0.15) is 0 Å². The molecule has 1 heterocycles. The number of aliphatic hydroxyl groups excluding tert-OH is 1. The minimum atomic E-state index is -1.21. The molecular formula is C31H34FN3O6. The fourth-order valence-corrected chi connectivity index (χ4v) is 4.75. The summed E-state index contributed by atoms with van der Waals surface area (Å²) >= 11 is 0. The predicted molar refractivity (Wildman–Crippen MR) is 154 cm³/mol. The monoisotopic (exact) mass is 563 g/mol. The number of pyridine rings is 1. The number of phenolic OH excluding ortho intramolecular Hbond substituents is 1. The standard InChI is InChI=1S/C31H34FN3O6/c32-22-9-5-7-20(17-22)29(35-31(39)40)21-8-6-10-23(18-21)41-16-4-2-1-3-15-33-19-27(37)24-11-13-26(36)30-25(24)12-14-28(38)34-30/h5-14,17-18,27,29,33,35-37H,1-4,15-16,19H2,(H,34,38)(H,39,40).